The van der Waals surface area contributed by atoms with Crippen molar-refractivity contribution in [3.05, 3.63) is 73.6 Å². The Balaban J connectivity index is 1.76. The van der Waals surface area contributed by atoms with Gasteiger partial charge >= 0.3 is 0 Å². The van der Waals surface area contributed by atoms with E-state index in [4.69, 9.17) is 11.6 Å². The number of non-ortho nitro benzene ring substituents is 1. The number of benzene rings is 2. The molecular formula is C18H10ClF2N3O5S. The first-order chi connectivity index (χ1) is 14.2. The van der Waals surface area contributed by atoms with Crippen LogP contribution in [0.25, 0.3) is 6.08 Å². The fraction of sp³-hybridized carbons (Fsp3) is 0.0556. The van der Waals surface area contributed by atoms with Crippen molar-refractivity contribution in [2.45, 2.75) is 0 Å². The van der Waals surface area contributed by atoms with Gasteiger partial charge in [0.1, 0.15) is 18.2 Å². The summed E-state index contributed by atoms with van der Waals surface area (Å²) in [6, 6.07) is 6.11. The van der Waals surface area contributed by atoms with E-state index in [-0.39, 0.29) is 26.9 Å². The van der Waals surface area contributed by atoms with Crippen LogP contribution >= 0.6 is 23.4 Å². The maximum absolute atomic E-state index is 13.6. The fourth-order valence-corrected chi connectivity index (χ4v) is 3.46. The number of hydrogen-bond acceptors (Lipinski definition) is 6. The summed E-state index contributed by atoms with van der Waals surface area (Å²) >= 11 is 6.51. The number of nitro benzene ring substituents is 1. The van der Waals surface area contributed by atoms with E-state index < -0.39 is 40.2 Å². The zero-order chi connectivity index (χ0) is 22.0. The topological polar surface area (TPSA) is 110 Å². The van der Waals surface area contributed by atoms with Gasteiger partial charge in [0, 0.05) is 28.8 Å². The van der Waals surface area contributed by atoms with Gasteiger partial charge in [-0.05, 0) is 36.0 Å². The maximum Gasteiger partial charge on any atom is 0.294 e. The number of thioether (sulfide) groups is 1. The summed E-state index contributed by atoms with van der Waals surface area (Å²) < 4.78 is 26.6. The average Bonchev–Trinajstić information content (AvgIpc) is 2.93. The van der Waals surface area contributed by atoms with E-state index in [9.17, 15) is 33.3 Å². The van der Waals surface area contributed by atoms with Gasteiger partial charge in [-0.3, -0.25) is 29.4 Å². The highest BCUT2D eigenvalue weighted by atomic mass is 35.5. The Morgan fingerprint density at radius 2 is 1.97 bits per heavy atom. The van der Waals surface area contributed by atoms with Gasteiger partial charge in [-0.1, -0.05) is 11.6 Å². The number of amides is 3. The summed E-state index contributed by atoms with van der Waals surface area (Å²) in [6.45, 7) is -0.707. The van der Waals surface area contributed by atoms with Crippen LogP contribution in [0.3, 0.4) is 0 Å². The molecule has 1 N–H and O–H groups in total. The van der Waals surface area contributed by atoms with Crippen molar-refractivity contribution < 1.29 is 28.1 Å². The lowest BCUT2D eigenvalue weighted by atomic mass is 10.2. The van der Waals surface area contributed by atoms with Crippen LogP contribution in [0, 0.1) is 21.7 Å². The van der Waals surface area contributed by atoms with Gasteiger partial charge in [0.2, 0.25) is 5.91 Å². The third-order valence-electron chi connectivity index (χ3n) is 3.86. The Hall–Kier alpha value is -3.31. The van der Waals surface area contributed by atoms with Gasteiger partial charge < -0.3 is 5.32 Å². The number of rotatable bonds is 5. The monoisotopic (exact) mass is 453 g/mol. The van der Waals surface area contributed by atoms with E-state index in [1.54, 1.807) is 0 Å². The summed E-state index contributed by atoms with van der Waals surface area (Å²) in [5, 5.41) is 12.4. The molecule has 12 heteroatoms. The molecule has 1 aliphatic heterocycles. The quantitative estimate of drug-likeness (QED) is 0.412. The molecule has 1 saturated heterocycles. The van der Waals surface area contributed by atoms with Crippen molar-refractivity contribution >= 4 is 57.9 Å². The van der Waals surface area contributed by atoms with E-state index in [0.717, 1.165) is 18.2 Å². The Morgan fingerprint density at radius 3 is 2.63 bits per heavy atom. The van der Waals surface area contributed by atoms with E-state index in [1.807, 2.05) is 0 Å². The first-order valence-electron chi connectivity index (χ1n) is 8.10. The van der Waals surface area contributed by atoms with Gasteiger partial charge in [0.05, 0.1) is 15.5 Å². The molecule has 30 heavy (non-hydrogen) atoms. The third kappa shape index (κ3) is 4.63. The van der Waals surface area contributed by atoms with E-state index in [1.165, 1.54) is 18.2 Å². The minimum Gasteiger partial charge on any atom is -0.322 e. The third-order valence-corrected chi connectivity index (χ3v) is 5.11. The number of imide groups is 1. The smallest absolute Gasteiger partial charge is 0.294 e. The van der Waals surface area contributed by atoms with E-state index in [0.29, 0.717) is 22.7 Å². The van der Waals surface area contributed by atoms with Gasteiger partial charge in [-0.25, -0.2) is 8.78 Å². The highest BCUT2D eigenvalue weighted by Crippen LogP contribution is 2.34. The first-order valence-corrected chi connectivity index (χ1v) is 9.29. The molecule has 1 fully saturated rings. The predicted octanol–water partition coefficient (Wildman–Crippen LogP) is 4.20. The zero-order valence-corrected chi connectivity index (χ0v) is 16.3. The number of carbonyl (C=O) groups excluding carboxylic acids is 3. The van der Waals surface area contributed by atoms with Crippen molar-refractivity contribution in [2.75, 3.05) is 11.9 Å². The normalized spacial score (nSPS) is 15.0. The molecule has 0 bridgehead atoms. The molecule has 0 aromatic heterocycles. The molecule has 8 nitrogen and oxygen atoms in total. The Kier molecular flexibility index (Phi) is 6.13. The highest BCUT2D eigenvalue weighted by Gasteiger charge is 2.36. The van der Waals surface area contributed by atoms with E-state index >= 15 is 0 Å². The number of anilines is 1. The second kappa shape index (κ2) is 8.59. The van der Waals surface area contributed by atoms with Gasteiger partial charge in [-0.15, -0.1) is 0 Å². The largest absolute Gasteiger partial charge is 0.322 e. The Morgan fingerprint density at radius 1 is 1.23 bits per heavy atom. The molecule has 2 aromatic carbocycles. The summed E-state index contributed by atoms with van der Waals surface area (Å²) in [4.78, 5) is 47.5. The lowest BCUT2D eigenvalue weighted by Crippen LogP contribution is -2.36. The van der Waals surface area contributed by atoms with Crippen molar-refractivity contribution in [2.24, 2.45) is 0 Å². The molecular weight excluding hydrogens is 444 g/mol. The Bertz CT molecular complexity index is 1120. The van der Waals surface area contributed by atoms with Crippen LogP contribution in [0.2, 0.25) is 5.02 Å². The molecule has 0 saturated carbocycles. The number of halogens is 3. The molecule has 0 aliphatic carbocycles. The standard InChI is InChI=1S/C18H10ClF2N3O5S/c19-12-3-2-11(24(28)29)5-9(12)6-15-17(26)23(18(27)30-15)8-16(25)22-14-4-1-10(20)7-13(14)21/h1-7H,8H2,(H,22,25). The minimum absolute atomic E-state index is 0.0943. The van der Waals surface area contributed by atoms with Gasteiger partial charge in [-0.2, -0.15) is 0 Å². The fourth-order valence-electron chi connectivity index (χ4n) is 2.46. The van der Waals surface area contributed by atoms with Crippen LogP contribution in [0.15, 0.2) is 41.3 Å². The Labute approximate surface area is 176 Å². The number of carbonyl (C=O) groups is 3. The van der Waals surface area contributed by atoms with Crippen molar-refractivity contribution in [1.82, 2.24) is 4.90 Å². The molecule has 3 amide bonds. The van der Waals surface area contributed by atoms with Crippen LogP contribution < -0.4 is 5.32 Å². The van der Waals surface area contributed by atoms with Gasteiger partial charge in [0.25, 0.3) is 16.8 Å². The number of nitrogens with one attached hydrogen (secondary N) is 1. The van der Waals surface area contributed by atoms with Crippen LogP contribution in [-0.4, -0.2) is 33.4 Å². The molecule has 3 rings (SSSR count). The number of nitro groups is 1. The van der Waals surface area contributed by atoms with Crippen LogP contribution in [0.5, 0.6) is 0 Å². The summed E-state index contributed by atoms with van der Waals surface area (Å²) in [6.07, 6.45) is 1.21. The van der Waals surface area contributed by atoms with Crippen LogP contribution in [0.4, 0.5) is 25.0 Å². The number of hydrogen-bond donors (Lipinski definition) is 1. The zero-order valence-electron chi connectivity index (χ0n) is 14.7. The summed E-state index contributed by atoms with van der Waals surface area (Å²) in [7, 11) is 0. The molecule has 0 spiro atoms. The van der Waals surface area contributed by atoms with Crippen molar-refractivity contribution in [1.29, 1.82) is 0 Å². The molecule has 2 aromatic rings. The van der Waals surface area contributed by atoms with Crippen molar-refractivity contribution in [3.63, 3.8) is 0 Å². The lowest BCUT2D eigenvalue weighted by Gasteiger charge is -2.12. The predicted molar refractivity (Wildman–Crippen MR) is 106 cm³/mol. The molecule has 154 valence electrons. The molecule has 0 unspecified atom stereocenters. The average molecular weight is 454 g/mol. The summed E-state index contributed by atoms with van der Waals surface area (Å²) in [5.41, 5.74) is -0.424. The minimum atomic E-state index is -1.02. The van der Waals surface area contributed by atoms with Gasteiger partial charge in [0.15, 0.2) is 0 Å². The number of nitrogens with zero attached hydrogens (tertiary/aromatic N) is 2. The lowest BCUT2D eigenvalue weighted by molar-refractivity contribution is -0.384. The summed E-state index contributed by atoms with van der Waals surface area (Å²) in [5.74, 6) is -3.54. The van der Waals surface area contributed by atoms with E-state index in [2.05, 4.69) is 5.32 Å². The highest BCUT2D eigenvalue weighted by molar-refractivity contribution is 8.18. The SMILES string of the molecule is O=C(CN1C(=O)SC(=Cc2cc([N+](=O)[O-])ccc2Cl)C1=O)Nc1ccc(F)cc1F. The van der Waals surface area contributed by atoms with Crippen molar-refractivity contribution in [3.8, 4) is 0 Å². The first kappa shape index (κ1) is 21.4. The molecule has 0 atom stereocenters. The molecule has 1 aliphatic rings. The van der Waals surface area contributed by atoms with Crippen LogP contribution in [0.1, 0.15) is 5.56 Å². The second-order valence-electron chi connectivity index (χ2n) is 5.90. The molecule has 1 heterocycles. The second-order valence-corrected chi connectivity index (χ2v) is 7.30. The van der Waals surface area contributed by atoms with Crippen LogP contribution in [-0.2, 0) is 9.59 Å². The maximum atomic E-state index is 13.6. The molecule has 0 radical (unpaired) electrons.